The van der Waals surface area contributed by atoms with Crippen molar-refractivity contribution in [1.29, 1.82) is 0 Å². The van der Waals surface area contributed by atoms with Crippen LogP contribution < -0.4 is 5.32 Å². The molecule has 0 aromatic heterocycles. The average Bonchev–Trinajstić information content (AvgIpc) is 2.13. The number of hydrogen-bond acceptors (Lipinski definition) is 2. The molecule has 0 aliphatic heterocycles. The van der Waals surface area contributed by atoms with Crippen LogP contribution in [0.25, 0.3) is 0 Å². The first-order valence-corrected chi connectivity index (χ1v) is 6.48. The normalized spacial score (nSPS) is 34.0. The Balaban J connectivity index is 2.24. The fourth-order valence-electron chi connectivity index (χ4n) is 2.97. The van der Waals surface area contributed by atoms with Gasteiger partial charge in [0.15, 0.2) is 0 Å². The molecule has 1 aliphatic rings. The monoisotopic (exact) mass is 213 g/mol. The molecule has 0 aromatic carbocycles. The third kappa shape index (κ3) is 4.98. The van der Waals surface area contributed by atoms with Crippen LogP contribution in [0.2, 0.25) is 0 Å². The lowest BCUT2D eigenvalue weighted by atomic mass is 9.80. The summed E-state index contributed by atoms with van der Waals surface area (Å²) in [5.41, 5.74) is 0. The predicted octanol–water partition coefficient (Wildman–Crippen LogP) is 2.56. The van der Waals surface area contributed by atoms with Crippen LogP contribution in [0.5, 0.6) is 0 Å². The standard InChI is InChI=1S/C13H27NO/c1-10-7-11(2)9-13(8-10)14-12(3)5-4-6-15/h10-15H,4-9H2,1-3H3/t10-,11-,12+/m1/s1. The van der Waals surface area contributed by atoms with E-state index in [1.54, 1.807) is 0 Å². The van der Waals surface area contributed by atoms with Crippen LogP contribution in [0.3, 0.4) is 0 Å². The molecular weight excluding hydrogens is 186 g/mol. The topological polar surface area (TPSA) is 32.3 Å². The zero-order valence-electron chi connectivity index (χ0n) is 10.5. The third-order valence-corrected chi connectivity index (χ3v) is 3.49. The second kappa shape index (κ2) is 6.49. The summed E-state index contributed by atoms with van der Waals surface area (Å²) in [4.78, 5) is 0. The van der Waals surface area contributed by atoms with Crippen molar-refractivity contribution in [3.63, 3.8) is 0 Å². The first kappa shape index (κ1) is 13.0. The molecule has 90 valence electrons. The smallest absolute Gasteiger partial charge is 0.0431 e. The summed E-state index contributed by atoms with van der Waals surface area (Å²) in [7, 11) is 0. The van der Waals surface area contributed by atoms with Crippen molar-refractivity contribution in [1.82, 2.24) is 5.32 Å². The number of rotatable bonds is 5. The average molecular weight is 213 g/mol. The van der Waals surface area contributed by atoms with E-state index in [1.165, 1.54) is 19.3 Å². The molecule has 0 bridgehead atoms. The van der Waals surface area contributed by atoms with Crippen molar-refractivity contribution >= 4 is 0 Å². The van der Waals surface area contributed by atoms with E-state index in [0.717, 1.165) is 24.7 Å². The summed E-state index contributed by atoms with van der Waals surface area (Å²) >= 11 is 0. The first-order chi connectivity index (χ1) is 7.11. The number of aliphatic hydroxyl groups excluding tert-OH is 1. The van der Waals surface area contributed by atoms with Gasteiger partial charge in [-0.2, -0.15) is 0 Å². The Morgan fingerprint density at radius 1 is 1.20 bits per heavy atom. The van der Waals surface area contributed by atoms with Gasteiger partial charge in [-0.3, -0.25) is 0 Å². The van der Waals surface area contributed by atoms with Gasteiger partial charge in [0.1, 0.15) is 0 Å². The van der Waals surface area contributed by atoms with Crippen molar-refractivity contribution in [2.45, 2.75) is 65.0 Å². The quantitative estimate of drug-likeness (QED) is 0.735. The minimum atomic E-state index is 0.323. The van der Waals surface area contributed by atoms with E-state index >= 15 is 0 Å². The molecule has 0 spiro atoms. The van der Waals surface area contributed by atoms with E-state index < -0.39 is 0 Å². The highest BCUT2D eigenvalue weighted by atomic mass is 16.2. The number of nitrogens with one attached hydrogen (secondary N) is 1. The van der Waals surface area contributed by atoms with E-state index in [2.05, 4.69) is 26.1 Å². The number of hydrogen-bond donors (Lipinski definition) is 2. The Hall–Kier alpha value is -0.0800. The minimum absolute atomic E-state index is 0.323. The predicted molar refractivity (Wildman–Crippen MR) is 64.9 cm³/mol. The maximum Gasteiger partial charge on any atom is 0.0431 e. The highest BCUT2D eigenvalue weighted by molar-refractivity contribution is 4.81. The van der Waals surface area contributed by atoms with Gasteiger partial charge in [0.2, 0.25) is 0 Å². The van der Waals surface area contributed by atoms with Gasteiger partial charge in [-0.25, -0.2) is 0 Å². The Morgan fingerprint density at radius 2 is 1.80 bits per heavy atom. The van der Waals surface area contributed by atoms with Crippen molar-refractivity contribution < 1.29 is 5.11 Å². The molecule has 0 heterocycles. The van der Waals surface area contributed by atoms with Gasteiger partial charge in [0.05, 0.1) is 0 Å². The SMILES string of the molecule is C[C@H]1CC(N[C@@H](C)CCCO)C[C@H](C)C1. The fourth-order valence-corrected chi connectivity index (χ4v) is 2.97. The Bertz CT molecular complexity index is 162. The highest BCUT2D eigenvalue weighted by Crippen LogP contribution is 2.28. The first-order valence-electron chi connectivity index (χ1n) is 6.48. The summed E-state index contributed by atoms with van der Waals surface area (Å²) in [6, 6.07) is 1.26. The van der Waals surface area contributed by atoms with E-state index in [1.807, 2.05) is 0 Å². The zero-order chi connectivity index (χ0) is 11.3. The molecule has 1 rings (SSSR count). The van der Waals surface area contributed by atoms with Gasteiger partial charge in [0, 0.05) is 18.7 Å². The van der Waals surface area contributed by atoms with Crippen LogP contribution in [0.1, 0.15) is 52.9 Å². The lowest BCUT2D eigenvalue weighted by molar-refractivity contribution is 0.219. The van der Waals surface area contributed by atoms with Gasteiger partial charge < -0.3 is 10.4 Å². The van der Waals surface area contributed by atoms with Crippen molar-refractivity contribution in [3.05, 3.63) is 0 Å². The van der Waals surface area contributed by atoms with Crippen LogP contribution >= 0.6 is 0 Å². The van der Waals surface area contributed by atoms with Crippen molar-refractivity contribution in [2.24, 2.45) is 11.8 Å². The molecule has 0 unspecified atom stereocenters. The second-order valence-corrected chi connectivity index (χ2v) is 5.55. The maximum atomic E-state index is 8.78. The molecule has 0 saturated heterocycles. The lowest BCUT2D eigenvalue weighted by Gasteiger charge is -2.34. The van der Waals surface area contributed by atoms with Gasteiger partial charge >= 0.3 is 0 Å². The lowest BCUT2D eigenvalue weighted by Crippen LogP contribution is -2.41. The van der Waals surface area contributed by atoms with Crippen LogP contribution in [-0.2, 0) is 0 Å². The molecule has 3 atom stereocenters. The Labute approximate surface area is 94.5 Å². The van der Waals surface area contributed by atoms with Gasteiger partial charge in [-0.1, -0.05) is 13.8 Å². The van der Waals surface area contributed by atoms with Crippen LogP contribution in [0.4, 0.5) is 0 Å². The van der Waals surface area contributed by atoms with Crippen LogP contribution in [0, 0.1) is 11.8 Å². The molecule has 2 nitrogen and oxygen atoms in total. The Morgan fingerprint density at radius 3 is 2.33 bits per heavy atom. The van der Waals surface area contributed by atoms with Crippen molar-refractivity contribution in [3.8, 4) is 0 Å². The van der Waals surface area contributed by atoms with Crippen molar-refractivity contribution in [2.75, 3.05) is 6.61 Å². The highest BCUT2D eigenvalue weighted by Gasteiger charge is 2.24. The van der Waals surface area contributed by atoms with E-state index in [9.17, 15) is 0 Å². The largest absolute Gasteiger partial charge is 0.396 e. The molecule has 1 fully saturated rings. The molecule has 2 N–H and O–H groups in total. The number of aliphatic hydroxyl groups is 1. The summed E-state index contributed by atoms with van der Waals surface area (Å²) in [5, 5.41) is 12.5. The third-order valence-electron chi connectivity index (χ3n) is 3.49. The Kier molecular flexibility index (Phi) is 5.62. The zero-order valence-corrected chi connectivity index (χ0v) is 10.5. The molecule has 0 amide bonds. The van der Waals surface area contributed by atoms with E-state index in [0.29, 0.717) is 18.7 Å². The molecule has 0 aromatic rings. The van der Waals surface area contributed by atoms with E-state index in [4.69, 9.17) is 5.11 Å². The van der Waals surface area contributed by atoms with Gasteiger partial charge in [-0.15, -0.1) is 0 Å². The van der Waals surface area contributed by atoms with Gasteiger partial charge in [0.25, 0.3) is 0 Å². The maximum absolute atomic E-state index is 8.78. The summed E-state index contributed by atoms with van der Waals surface area (Å²) in [5.74, 6) is 1.74. The summed E-state index contributed by atoms with van der Waals surface area (Å²) in [6.07, 6.45) is 6.06. The molecule has 1 aliphatic carbocycles. The second-order valence-electron chi connectivity index (χ2n) is 5.55. The molecule has 1 saturated carbocycles. The van der Waals surface area contributed by atoms with Crippen LogP contribution in [-0.4, -0.2) is 23.8 Å². The summed E-state index contributed by atoms with van der Waals surface area (Å²) in [6.45, 7) is 7.29. The molecule has 15 heavy (non-hydrogen) atoms. The molecule has 2 heteroatoms. The fraction of sp³-hybridized carbons (Fsp3) is 1.00. The van der Waals surface area contributed by atoms with Gasteiger partial charge in [-0.05, 0) is 50.9 Å². The minimum Gasteiger partial charge on any atom is -0.396 e. The molecular formula is C13H27NO. The summed E-state index contributed by atoms with van der Waals surface area (Å²) < 4.78 is 0. The molecule has 0 radical (unpaired) electrons. The van der Waals surface area contributed by atoms with E-state index in [-0.39, 0.29) is 0 Å². The van der Waals surface area contributed by atoms with Crippen LogP contribution in [0.15, 0.2) is 0 Å².